The number of rotatable bonds is 5. The molecule has 0 aliphatic carbocycles. The van der Waals surface area contributed by atoms with Gasteiger partial charge in [-0.25, -0.2) is 0 Å². The molecule has 1 aromatic carbocycles. The molecular formula is C17H23N5O. The molecule has 2 aromatic rings. The fourth-order valence-electron chi connectivity index (χ4n) is 2.72. The molecule has 3 rings (SSSR count). The number of ether oxygens (including phenoxy) is 1. The van der Waals surface area contributed by atoms with Gasteiger partial charge in [-0.2, -0.15) is 10.1 Å². The topological polar surface area (TPSA) is 63.2 Å². The fourth-order valence-corrected chi connectivity index (χ4v) is 2.72. The van der Waals surface area contributed by atoms with Gasteiger partial charge in [0.1, 0.15) is 5.75 Å². The second-order valence-corrected chi connectivity index (χ2v) is 5.74. The third-order valence-corrected chi connectivity index (χ3v) is 4.07. The largest absolute Gasteiger partial charge is 0.497 e. The number of hydrogen-bond acceptors (Lipinski definition) is 6. The van der Waals surface area contributed by atoms with Crippen LogP contribution in [0.4, 0.5) is 11.8 Å². The summed E-state index contributed by atoms with van der Waals surface area (Å²) in [6.07, 6.45) is 6.66. The molecule has 1 aromatic heterocycles. The van der Waals surface area contributed by atoms with Gasteiger partial charge >= 0.3 is 0 Å². The molecule has 0 saturated carbocycles. The highest BCUT2D eigenvalue weighted by Crippen LogP contribution is 2.17. The zero-order valence-corrected chi connectivity index (χ0v) is 13.5. The van der Waals surface area contributed by atoms with Gasteiger partial charge in [0.2, 0.25) is 5.95 Å². The van der Waals surface area contributed by atoms with Gasteiger partial charge in [0, 0.05) is 19.6 Å². The van der Waals surface area contributed by atoms with E-state index in [9.17, 15) is 0 Å². The SMILES string of the molecule is COc1ccc(CNc2cnnc(N3CCCCCC3)n2)cc1. The highest BCUT2D eigenvalue weighted by molar-refractivity contribution is 5.40. The molecule has 0 radical (unpaired) electrons. The Labute approximate surface area is 136 Å². The van der Waals surface area contributed by atoms with Crippen molar-refractivity contribution in [2.24, 2.45) is 0 Å². The van der Waals surface area contributed by atoms with Crippen LogP contribution in [0.25, 0.3) is 0 Å². The van der Waals surface area contributed by atoms with Crippen LogP contribution in [-0.4, -0.2) is 35.4 Å². The van der Waals surface area contributed by atoms with Crippen molar-refractivity contribution < 1.29 is 4.74 Å². The van der Waals surface area contributed by atoms with Crippen LogP contribution in [0.1, 0.15) is 31.2 Å². The summed E-state index contributed by atoms with van der Waals surface area (Å²) in [4.78, 5) is 6.84. The molecule has 0 bridgehead atoms. The summed E-state index contributed by atoms with van der Waals surface area (Å²) in [6.45, 7) is 2.73. The maximum Gasteiger partial charge on any atom is 0.247 e. The van der Waals surface area contributed by atoms with Crippen LogP contribution in [-0.2, 0) is 6.54 Å². The summed E-state index contributed by atoms with van der Waals surface area (Å²) >= 11 is 0. The van der Waals surface area contributed by atoms with Gasteiger partial charge in [0.25, 0.3) is 0 Å². The fraction of sp³-hybridized carbons (Fsp3) is 0.471. The van der Waals surface area contributed by atoms with Gasteiger partial charge in [-0.3, -0.25) is 0 Å². The summed E-state index contributed by atoms with van der Waals surface area (Å²) in [6, 6.07) is 7.99. The molecule has 1 fully saturated rings. The van der Waals surface area contributed by atoms with E-state index in [0.29, 0.717) is 6.54 Å². The van der Waals surface area contributed by atoms with Crippen molar-refractivity contribution >= 4 is 11.8 Å². The molecule has 6 nitrogen and oxygen atoms in total. The molecule has 0 unspecified atom stereocenters. The first-order chi connectivity index (χ1) is 11.3. The average molecular weight is 313 g/mol. The summed E-state index contributed by atoms with van der Waals surface area (Å²) in [7, 11) is 1.67. The highest BCUT2D eigenvalue weighted by Gasteiger charge is 2.13. The smallest absolute Gasteiger partial charge is 0.247 e. The molecular weight excluding hydrogens is 290 g/mol. The second-order valence-electron chi connectivity index (χ2n) is 5.74. The molecule has 2 heterocycles. The predicted octanol–water partition coefficient (Wildman–Crippen LogP) is 2.87. The molecule has 6 heteroatoms. The Kier molecular flexibility index (Phi) is 5.24. The first-order valence-corrected chi connectivity index (χ1v) is 8.16. The van der Waals surface area contributed by atoms with Crippen molar-refractivity contribution in [3.8, 4) is 5.75 Å². The number of aromatic nitrogens is 3. The molecule has 0 amide bonds. The Bertz CT molecular complexity index is 609. The zero-order chi connectivity index (χ0) is 15.9. The van der Waals surface area contributed by atoms with E-state index in [1.54, 1.807) is 13.3 Å². The summed E-state index contributed by atoms with van der Waals surface area (Å²) in [5.74, 6) is 2.35. The maximum atomic E-state index is 5.17. The number of nitrogens with one attached hydrogen (secondary N) is 1. The molecule has 1 N–H and O–H groups in total. The van der Waals surface area contributed by atoms with Crippen LogP contribution >= 0.6 is 0 Å². The van der Waals surface area contributed by atoms with Crippen molar-refractivity contribution in [3.05, 3.63) is 36.0 Å². The molecule has 1 aliphatic rings. The van der Waals surface area contributed by atoms with Crippen molar-refractivity contribution in [2.75, 3.05) is 30.4 Å². The van der Waals surface area contributed by atoms with Crippen molar-refractivity contribution in [1.82, 2.24) is 15.2 Å². The first kappa shape index (κ1) is 15.5. The predicted molar refractivity (Wildman–Crippen MR) is 90.8 cm³/mol. The number of methoxy groups -OCH3 is 1. The number of benzene rings is 1. The minimum Gasteiger partial charge on any atom is -0.497 e. The van der Waals surface area contributed by atoms with Crippen LogP contribution in [0.3, 0.4) is 0 Å². The normalized spacial score (nSPS) is 15.1. The van der Waals surface area contributed by atoms with E-state index in [4.69, 9.17) is 4.74 Å². The quantitative estimate of drug-likeness (QED) is 0.916. The van der Waals surface area contributed by atoms with Crippen LogP contribution < -0.4 is 15.0 Å². The molecule has 23 heavy (non-hydrogen) atoms. The minimum absolute atomic E-state index is 0.697. The lowest BCUT2D eigenvalue weighted by Crippen LogP contribution is -2.26. The monoisotopic (exact) mass is 313 g/mol. The number of nitrogens with zero attached hydrogens (tertiary/aromatic N) is 4. The van der Waals surface area contributed by atoms with E-state index in [1.807, 2.05) is 24.3 Å². The Hall–Kier alpha value is -2.37. The molecule has 0 spiro atoms. The second kappa shape index (κ2) is 7.76. The number of anilines is 2. The van der Waals surface area contributed by atoms with Gasteiger partial charge in [-0.15, -0.1) is 5.10 Å². The lowest BCUT2D eigenvalue weighted by molar-refractivity contribution is 0.414. The number of hydrogen-bond donors (Lipinski definition) is 1. The van der Waals surface area contributed by atoms with E-state index >= 15 is 0 Å². The van der Waals surface area contributed by atoms with Gasteiger partial charge < -0.3 is 15.0 Å². The van der Waals surface area contributed by atoms with Crippen LogP contribution in [0, 0.1) is 0 Å². The van der Waals surface area contributed by atoms with E-state index in [1.165, 1.54) is 31.2 Å². The van der Waals surface area contributed by atoms with Gasteiger partial charge in [0.15, 0.2) is 5.82 Å². The standard InChI is InChI=1S/C17H23N5O/c1-23-15-8-6-14(7-9-15)12-18-16-13-19-21-17(20-16)22-10-4-2-3-5-11-22/h6-9,13H,2-5,10-12H2,1H3,(H,18,20,21). The van der Waals surface area contributed by atoms with Crippen LogP contribution in [0.2, 0.25) is 0 Å². The minimum atomic E-state index is 0.697. The first-order valence-electron chi connectivity index (χ1n) is 8.16. The van der Waals surface area contributed by atoms with Crippen LogP contribution in [0.15, 0.2) is 30.5 Å². The van der Waals surface area contributed by atoms with Crippen molar-refractivity contribution in [1.29, 1.82) is 0 Å². The van der Waals surface area contributed by atoms with Crippen molar-refractivity contribution in [2.45, 2.75) is 32.2 Å². The molecule has 0 atom stereocenters. The summed E-state index contributed by atoms with van der Waals surface area (Å²) in [5.41, 5.74) is 1.17. The lowest BCUT2D eigenvalue weighted by atomic mass is 10.2. The van der Waals surface area contributed by atoms with E-state index in [2.05, 4.69) is 25.4 Å². The third-order valence-electron chi connectivity index (χ3n) is 4.07. The van der Waals surface area contributed by atoms with Gasteiger partial charge in [-0.05, 0) is 30.5 Å². The van der Waals surface area contributed by atoms with Gasteiger partial charge in [-0.1, -0.05) is 25.0 Å². The van der Waals surface area contributed by atoms with Crippen LogP contribution in [0.5, 0.6) is 5.75 Å². The molecule has 1 saturated heterocycles. The highest BCUT2D eigenvalue weighted by atomic mass is 16.5. The van der Waals surface area contributed by atoms with E-state index < -0.39 is 0 Å². The molecule has 1 aliphatic heterocycles. The van der Waals surface area contributed by atoms with E-state index in [0.717, 1.165) is 30.6 Å². The summed E-state index contributed by atoms with van der Waals surface area (Å²) < 4.78 is 5.17. The van der Waals surface area contributed by atoms with Gasteiger partial charge in [0.05, 0.1) is 13.3 Å². The average Bonchev–Trinajstić information content (AvgIpc) is 2.90. The Balaban J connectivity index is 1.62. The zero-order valence-electron chi connectivity index (χ0n) is 13.5. The Morgan fingerprint density at radius 3 is 2.52 bits per heavy atom. The molecule has 122 valence electrons. The maximum absolute atomic E-state index is 5.17. The Morgan fingerprint density at radius 2 is 1.83 bits per heavy atom. The third kappa shape index (κ3) is 4.31. The van der Waals surface area contributed by atoms with E-state index in [-0.39, 0.29) is 0 Å². The Morgan fingerprint density at radius 1 is 1.09 bits per heavy atom. The summed E-state index contributed by atoms with van der Waals surface area (Å²) in [5, 5.41) is 11.6. The van der Waals surface area contributed by atoms with Crippen molar-refractivity contribution in [3.63, 3.8) is 0 Å². The lowest BCUT2D eigenvalue weighted by Gasteiger charge is -2.19.